The van der Waals surface area contributed by atoms with E-state index in [9.17, 15) is 14.4 Å². The lowest BCUT2D eigenvalue weighted by Gasteiger charge is -2.13. The van der Waals surface area contributed by atoms with Gasteiger partial charge in [-0.2, -0.15) is 0 Å². The van der Waals surface area contributed by atoms with Crippen LogP contribution in [0.4, 0.5) is 0 Å². The summed E-state index contributed by atoms with van der Waals surface area (Å²) in [7, 11) is 0. The average molecular weight is 475 g/mol. The maximum Gasteiger partial charge on any atom is 0.338 e. The Labute approximate surface area is 205 Å². The summed E-state index contributed by atoms with van der Waals surface area (Å²) in [6.45, 7) is 4.66. The van der Waals surface area contributed by atoms with E-state index in [1.54, 1.807) is 26.0 Å². The number of carbonyl (C=O) groups excluding carboxylic acids is 2. The van der Waals surface area contributed by atoms with Crippen LogP contribution in [0.3, 0.4) is 0 Å². The number of carboxylic acids is 1. The van der Waals surface area contributed by atoms with Crippen molar-refractivity contribution in [3.05, 3.63) is 112 Å². The molecule has 182 valence electrons. The molecular weight excluding hydrogens is 444 g/mol. The molecule has 0 aromatic heterocycles. The van der Waals surface area contributed by atoms with Crippen LogP contribution in [-0.2, 0) is 30.3 Å². The average Bonchev–Trinajstić information content (AvgIpc) is 2.86. The van der Waals surface area contributed by atoms with Crippen molar-refractivity contribution >= 4 is 24.0 Å². The number of hydrogen-bond donors (Lipinski definition) is 1. The van der Waals surface area contributed by atoms with Gasteiger partial charge >= 0.3 is 17.9 Å². The van der Waals surface area contributed by atoms with E-state index in [0.29, 0.717) is 5.57 Å². The quantitative estimate of drug-likeness (QED) is 0.148. The summed E-state index contributed by atoms with van der Waals surface area (Å²) in [4.78, 5) is 36.2. The van der Waals surface area contributed by atoms with Crippen molar-refractivity contribution in [1.82, 2.24) is 0 Å². The third kappa shape index (κ3) is 9.68. The molecule has 2 aromatic carbocycles. The normalized spacial score (nSPS) is 12.8. The van der Waals surface area contributed by atoms with Crippen LogP contribution in [0.15, 0.2) is 101 Å². The lowest BCUT2D eigenvalue weighted by atomic mass is 10.1. The van der Waals surface area contributed by atoms with Gasteiger partial charge in [-0.1, -0.05) is 85.0 Å². The van der Waals surface area contributed by atoms with Gasteiger partial charge in [-0.25, -0.2) is 14.4 Å². The highest BCUT2D eigenvalue weighted by Crippen LogP contribution is 2.17. The highest BCUT2D eigenvalue weighted by atomic mass is 16.5. The Morgan fingerprint density at radius 1 is 0.857 bits per heavy atom. The van der Waals surface area contributed by atoms with E-state index >= 15 is 0 Å². The summed E-state index contributed by atoms with van der Waals surface area (Å²) in [5.41, 5.74) is 2.59. The number of esters is 2. The van der Waals surface area contributed by atoms with Crippen LogP contribution in [-0.4, -0.2) is 29.6 Å². The van der Waals surface area contributed by atoms with Crippen molar-refractivity contribution in [2.45, 2.75) is 33.6 Å². The zero-order chi connectivity index (χ0) is 25.6. The van der Waals surface area contributed by atoms with Crippen LogP contribution in [0.1, 0.15) is 38.3 Å². The number of carboxylic acid groups (broad SMARTS) is 1. The fraction of sp³-hybridized carbons (Fsp3) is 0.207. The second kappa shape index (κ2) is 14.2. The van der Waals surface area contributed by atoms with Crippen LogP contribution in [0.25, 0.3) is 6.08 Å². The van der Waals surface area contributed by atoms with Gasteiger partial charge in [0.15, 0.2) is 0 Å². The first-order valence-corrected chi connectivity index (χ1v) is 11.2. The van der Waals surface area contributed by atoms with E-state index in [-0.39, 0.29) is 36.4 Å². The number of aliphatic carboxylic acids is 1. The van der Waals surface area contributed by atoms with E-state index in [4.69, 9.17) is 14.6 Å². The predicted molar refractivity (Wildman–Crippen MR) is 135 cm³/mol. The summed E-state index contributed by atoms with van der Waals surface area (Å²) in [5.74, 6) is -2.02. The Balaban J connectivity index is 2.14. The molecule has 0 radical (unpaired) electrons. The maximum atomic E-state index is 12.7. The molecule has 0 spiro atoms. The summed E-state index contributed by atoms with van der Waals surface area (Å²) in [5, 5.41) is 8.89. The first-order valence-electron chi connectivity index (χ1n) is 11.2. The number of ether oxygens (including phenoxy) is 2. The first kappa shape index (κ1) is 27.1. The minimum Gasteiger partial charge on any atom is -0.478 e. The minimum absolute atomic E-state index is 0.0105. The summed E-state index contributed by atoms with van der Waals surface area (Å²) < 4.78 is 10.9. The van der Waals surface area contributed by atoms with Crippen molar-refractivity contribution in [2.75, 3.05) is 6.61 Å². The third-order valence-electron chi connectivity index (χ3n) is 5.04. The Hall–Kier alpha value is -4.19. The van der Waals surface area contributed by atoms with Crippen molar-refractivity contribution in [2.24, 2.45) is 0 Å². The number of carbonyl (C=O) groups is 3. The minimum atomic E-state index is -1.02. The zero-order valence-electron chi connectivity index (χ0n) is 20.2. The summed E-state index contributed by atoms with van der Waals surface area (Å²) in [6, 6.07) is 19.0. The highest BCUT2D eigenvalue weighted by molar-refractivity contribution is 5.92. The van der Waals surface area contributed by atoms with Gasteiger partial charge in [0.05, 0.1) is 12.2 Å². The molecule has 0 aliphatic heterocycles. The Morgan fingerprint density at radius 3 is 2.11 bits per heavy atom. The first-order chi connectivity index (χ1) is 16.8. The molecule has 2 rings (SSSR count). The molecule has 0 amide bonds. The van der Waals surface area contributed by atoms with E-state index in [0.717, 1.165) is 11.1 Å². The van der Waals surface area contributed by atoms with Crippen LogP contribution in [0.5, 0.6) is 0 Å². The zero-order valence-corrected chi connectivity index (χ0v) is 20.2. The maximum absolute atomic E-state index is 12.7. The smallest absolute Gasteiger partial charge is 0.338 e. The molecule has 0 heterocycles. The second-order valence-electron chi connectivity index (χ2n) is 7.84. The van der Waals surface area contributed by atoms with Gasteiger partial charge in [0.1, 0.15) is 5.76 Å². The van der Waals surface area contributed by atoms with Gasteiger partial charge in [-0.05, 0) is 31.9 Å². The van der Waals surface area contributed by atoms with Crippen LogP contribution >= 0.6 is 0 Å². The summed E-state index contributed by atoms with van der Waals surface area (Å²) in [6.07, 6.45) is 7.27. The second-order valence-corrected chi connectivity index (χ2v) is 7.84. The highest BCUT2D eigenvalue weighted by Gasteiger charge is 2.18. The number of rotatable bonds is 11. The molecule has 0 fully saturated rings. The van der Waals surface area contributed by atoms with E-state index in [2.05, 4.69) is 0 Å². The van der Waals surface area contributed by atoms with Gasteiger partial charge in [-0.3, -0.25) is 0 Å². The lowest BCUT2D eigenvalue weighted by molar-refractivity contribution is -0.139. The van der Waals surface area contributed by atoms with Gasteiger partial charge in [0.25, 0.3) is 0 Å². The van der Waals surface area contributed by atoms with Crippen molar-refractivity contribution < 1.29 is 29.0 Å². The monoisotopic (exact) mass is 474 g/mol. The fourth-order valence-electron chi connectivity index (χ4n) is 2.89. The Morgan fingerprint density at radius 2 is 1.49 bits per heavy atom. The molecule has 0 saturated carbocycles. The van der Waals surface area contributed by atoms with Gasteiger partial charge in [0.2, 0.25) is 0 Å². The van der Waals surface area contributed by atoms with E-state index in [1.807, 2.05) is 66.7 Å². The number of allylic oxidation sites excluding steroid dienone is 3. The molecule has 6 nitrogen and oxygen atoms in total. The summed E-state index contributed by atoms with van der Waals surface area (Å²) >= 11 is 0. The molecule has 1 N–H and O–H groups in total. The predicted octanol–water partition coefficient (Wildman–Crippen LogP) is 5.67. The van der Waals surface area contributed by atoms with Gasteiger partial charge in [0, 0.05) is 24.0 Å². The number of benzene rings is 2. The Kier molecular flexibility index (Phi) is 10.9. The lowest BCUT2D eigenvalue weighted by Crippen LogP contribution is -2.15. The topological polar surface area (TPSA) is 89.9 Å². The van der Waals surface area contributed by atoms with Crippen molar-refractivity contribution in [3.8, 4) is 0 Å². The van der Waals surface area contributed by atoms with Crippen molar-refractivity contribution in [3.63, 3.8) is 0 Å². The van der Waals surface area contributed by atoms with Gasteiger partial charge in [-0.15, -0.1) is 0 Å². The molecule has 0 bridgehead atoms. The Bertz CT molecular complexity index is 1140. The fourth-order valence-corrected chi connectivity index (χ4v) is 2.89. The van der Waals surface area contributed by atoms with Gasteiger partial charge < -0.3 is 14.6 Å². The largest absolute Gasteiger partial charge is 0.478 e. The molecule has 0 aliphatic carbocycles. The molecule has 0 saturated heterocycles. The van der Waals surface area contributed by atoms with Crippen molar-refractivity contribution in [1.29, 1.82) is 0 Å². The standard InChI is InChI=1S/C29H30O6/c1-21(27(30)31)13-11-19-34-29(33)23(3)26(20-25-16-8-5-9-17-25)35-28(32)22(2)12-10-18-24-14-6-4-7-15-24/h4-10,12-18H,11,19-20H2,1-3H3,(H,30,31). The SMILES string of the molecule is CC(=CCCOC(=O)C(C)=C(Cc1ccccc1)OC(=O)C(C)=CC=Cc1ccccc1)C(=O)O. The number of hydrogen-bond acceptors (Lipinski definition) is 5. The van der Waals surface area contributed by atoms with E-state index in [1.165, 1.54) is 13.0 Å². The van der Waals surface area contributed by atoms with Crippen LogP contribution in [0, 0.1) is 0 Å². The molecule has 2 aromatic rings. The molecule has 6 heteroatoms. The molecule has 0 atom stereocenters. The molecule has 0 unspecified atom stereocenters. The van der Waals surface area contributed by atoms with E-state index < -0.39 is 17.9 Å². The van der Waals surface area contributed by atoms with Crippen LogP contribution < -0.4 is 0 Å². The molecule has 0 aliphatic rings. The third-order valence-corrected chi connectivity index (χ3v) is 5.04. The van der Waals surface area contributed by atoms with Crippen LogP contribution in [0.2, 0.25) is 0 Å². The molecular formula is C29H30O6. The molecule has 35 heavy (non-hydrogen) atoms.